The van der Waals surface area contributed by atoms with E-state index < -0.39 is 0 Å². The largest absolute Gasteiger partial charge is 0.238 e. The predicted molar refractivity (Wildman–Crippen MR) is 73.4 cm³/mol. The van der Waals surface area contributed by atoms with Gasteiger partial charge in [0.25, 0.3) is 0 Å². The van der Waals surface area contributed by atoms with Gasteiger partial charge in [0, 0.05) is 18.9 Å². The lowest BCUT2D eigenvalue weighted by atomic mass is 10.2. The van der Waals surface area contributed by atoms with E-state index in [1.54, 1.807) is 6.20 Å². The fraction of sp³-hybridized carbons (Fsp3) is 0.500. The Morgan fingerprint density at radius 3 is 2.38 bits per heavy atom. The lowest BCUT2D eigenvalue weighted by Crippen LogP contribution is -2.53. The average Bonchev–Trinajstić information content (AvgIpc) is 2.58. The number of quaternary nitrogens is 1. The van der Waals surface area contributed by atoms with Crippen molar-refractivity contribution in [2.75, 3.05) is 13.1 Å². The van der Waals surface area contributed by atoms with Crippen LogP contribution in [0.3, 0.4) is 0 Å². The van der Waals surface area contributed by atoms with Crippen LogP contribution in [0.5, 0.6) is 0 Å². The highest BCUT2D eigenvalue weighted by Gasteiger charge is 2.31. The Hall–Kier alpha value is -0.0600. The van der Waals surface area contributed by atoms with E-state index in [-0.39, 0.29) is 24.8 Å². The Bertz CT molecular complexity index is 351. The third kappa shape index (κ3) is 2.99. The smallest absolute Gasteiger partial charge is 0.170 e. The normalized spacial score (nSPS) is 17.4. The van der Waals surface area contributed by atoms with Crippen molar-refractivity contribution < 1.29 is 0 Å². The summed E-state index contributed by atoms with van der Waals surface area (Å²) in [5.74, 6) is 6.25. The van der Waals surface area contributed by atoms with Gasteiger partial charge in [-0.1, -0.05) is 11.6 Å². The molecular weight excluding hydrogens is 268 g/mol. The molecule has 0 atom stereocenters. The molecule has 1 aliphatic rings. The molecule has 1 aromatic heterocycles. The molecule has 1 aliphatic heterocycles. The zero-order valence-corrected chi connectivity index (χ0v) is 11.5. The summed E-state index contributed by atoms with van der Waals surface area (Å²) in [5, 5.41) is 0.569. The SMILES string of the molecule is Cc1cc([N+]2(N)CCCC2)cnc1Cl.Cl.Cl. The standard InChI is InChI=1S/C10H15ClN3.2ClH/c1-8-6-9(7-13-10(8)11)14(12)4-2-3-5-14;;/h6-7H,2-5,12H2,1H3;2*1H/q+1;;. The monoisotopic (exact) mass is 284 g/mol. The van der Waals surface area contributed by atoms with Crippen LogP contribution in [0, 0.1) is 6.92 Å². The van der Waals surface area contributed by atoms with E-state index in [0.717, 1.165) is 24.3 Å². The molecule has 0 unspecified atom stereocenters. The van der Waals surface area contributed by atoms with Gasteiger partial charge in [-0.2, -0.15) is 5.84 Å². The van der Waals surface area contributed by atoms with Crippen LogP contribution in [-0.2, 0) is 0 Å². The zero-order chi connectivity index (χ0) is 10.2. The van der Waals surface area contributed by atoms with Gasteiger partial charge in [0.1, 0.15) is 18.2 Å². The van der Waals surface area contributed by atoms with Crippen molar-refractivity contribution in [3.05, 3.63) is 23.0 Å². The molecule has 0 bridgehead atoms. The van der Waals surface area contributed by atoms with Gasteiger partial charge < -0.3 is 0 Å². The summed E-state index contributed by atoms with van der Waals surface area (Å²) in [5.41, 5.74) is 2.07. The average molecular weight is 286 g/mol. The Balaban J connectivity index is 0.00000112. The fourth-order valence-corrected chi connectivity index (χ4v) is 2.05. The van der Waals surface area contributed by atoms with E-state index in [4.69, 9.17) is 17.4 Å². The highest BCUT2D eigenvalue weighted by atomic mass is 35.5. The summed E-state index contributed by atoms with van der Waals surface area (Å²) in [7, 11) is 0. The van der Waals surface area contributed by atoms with Crippen molar-refractivity contribution >= 4 is 42.1 Å². The molecule has 1 aromatic rings. The molecule has 2 N–H and O–H groups in total. The number of nitrogens with zero attached hydrogens (tertiary/aromatic N) is 2. The molecule has 0 radical (unpaired) electrons. The third-order valence-corrected chi connectivity index (χ3v) is 3.27. The molecule has 0 aromatic carbocycles. The summed E-state index contributed by atoms with van der Waals surface area (Å²) < 4.78 is 0.519. The van der Waals surface area contributed by atoms with Crippen LogP contribution in [0.2, 0.25) is 5.15 Å². The lowest BCUT2D eigenvalue weighted by molar-refractivity contribution is 0.346. The van der Waals surface area contributed by atoms with Gasteiger partial charge in [-0.3, -0.25) is 0 Å². The maximum Gasteiger partial charge on any atom is 0.170 e. The Kier molecular flexibility index (Phi) is 6.01. The molecule has 0 spiro atoms. The van der Waals surface area contributed by atoms with E-state index in [0.29, 0.717) is 9.75 Å². The highest BCUT2D eigenvalue weighted by Crippen LogP contribution is 2.26. The number of rotatable bonds is 1. The molecule has 1 fully saturated rings. The summed E-state index contributed by atoms with van der Waals surface area (Å²) in [6.45, 7) is 3.96. The van der Waals surface area contributed by atoms with E-state index in [1.807, 2.05) is 13.0 Å². The first-order chi connectivity index (χ1) is 6.62. The number of aromatic nitrogens is 1. The summed E-state index contributed by atoms with van der Waals surface area (Å²) >= 11 is 5.87. The third-order valence-electron chi connectivity index (χ3n) is 2.88. The van der Waals surface area contributed by atoms with Crippen LogP contribution in [-0.4, -0.2) is 18.1 Å². The number of halogens is 3. The van der Waals surface area contributed by atoms with Crippen LogP contribution < -0.4 is 10.4 Å². The molecule has 6 heteroatoms. The van der Waals surface area contributed by atoms with E-state index in [1.165, 1.54) is 12.8 Å². The van der Waals surface area contributed by atoms with Crippen LogP contribution in [0.25, 0.3) is 0 Å². The first-order valence-corrected chi connectivity index (χ1v) is 5.28. The van der Waals surface area contributed by atoms with Gasteiger partial charge in [0.05, 0.1) is 6.20 Å². The minimum absolute atomic E-state index is 0. The Morgan fingerprint density at radius 2 is 1.88 bits per heavy atom. The predicted octanol–water partition coefficient (Wildman–Crippen LogP) is 2.86. The zero-order valence-electron chi connectivity index (χ0n) is 9.15. The fourth-order valence-electron chi connectivity index (χ4n) is 1.94. The second-order valence-electron chi connectivity index (χ2n) is 3.99. The molecule has 3 nitrogen and oxygen atoms in total. The molecule has 0 amide bonds. The van der Waals surface area contributed by atoms with Crippen molar-refractivity contribution in [2.45, 2.75) is 19.8 Å². The molecular formula is C10H17Cl3N3+. The molecule has 16 heavy (non-hydrogen) atoms. The summed E-state index contributed by atoms with van der Waals surface area (Å²) in [6, 6.07) is 2.04. The topological polar surface area (TPSA) is 38.9 Å². The van der Waals surface area contributed by atoms with Crippen molar-refractivity contribution in [2.24, 2.45) is 5.84 Å². The minimum atomic E-state index is 0. The second-order valence-corrected chi connectivity index (χ2v) is 4.35. The maximum absolute atomic E-state index is 6.25. The van der Waals surface area contributed by atoms with E-state index >= 15 is 0 Å². The van der Waals surface area contributed by atoms with E-state index in [9.17, 15) is 0 Å². The van der Waals surface area contributed by atoms with Gasteiger partial charge >= 0.3 is 0 Å². The van der Waals surface area contributed by atoms with Gasteiger partial charge in [-0.05, 0) is 12.5 Å². The van der Waals surface area contributed by atoms with Gasteiger partial charge in [-0.15, -0.1) is 24.8 Å². The lowest BCUT2D eigenvalue weighted by Gasteiger charge is -2.26. The maximum atomic E-state index is 6.25. The number of nitrogens with two attached hydrogens (primary N) is 1. The number of hydrogen-bond acceptors (Lipinski definition) is 2. The first-order valence-electron chi connectivity index (χ1n) is 4.90. The van der Waals surface area contributed by atoms with Crippen molar-refractivity contribution in [3.8, 4) is 0 Å². The molecule has 2 rings (SSSR count). The van der Waals surface area contributed by atoms with Gasteiger partial charge in [-0.25, -0.2) is 9.58 Å². The molecule has 2 heterocycles. The quantitative estimate of drug-likeness (QED) is 0.489. The van der Waals surface area contributed by atoms with Crippen molar-refractivity contribution in [1.82, 2.24) is 9.58 Å². The van der Waals surface area contributed by atoms with Gasteiger partial charge in [0.2, 0.25) is 0 Å². The Labute approximate surface area is 113 Å². The second kappa shape index (κ2) is 6.03. The highest BCUT2D eigenvalue weighted by molar-refractivity contribution is 6.30. The number of aryl methyl sites for hydroxylation is 1. The number of hydrogen-bond donors (Lipinski definition) is 1. The molecule has 0 aliphatic carbocycles. The minimum Gasteiger partial charge on any atom is -0.238 e. The van der Waals surface area contributed by atoms with Crippen LogP contribution in [0.1, 0.15) is 18.4 Å². The first kappa shape index (κ1) is 15.9. The van der Waals surface area contributed by atoms with Crippen molar-refractivity contribution in [3.63, 3.8) is 0 Å². The van der Waals surface area contributed by atoms with Crippen LogP contribution >= 0.6 is 36.4 Å². The van der Waals surface area contributed by atoms with Gasteiger partial charge in [0.15, 0.2) is 5.69 Å². The Morgan fingerprint density at radius 1 is 1.31 bits per heavy atom. The summed E-state index contributed by atoms with van der Waals surface area (Å²) in [6.07, 6.45) is 4.18. The van der Waals surface area contributed by atoms with Crippen LogP contribution in [0.4, 0.5) is 5.69 Å². The molecule has 1 saturated heterocycles. The van der Waals surface area contributed by atoms with Crippen LogP contribution in [0.15, 0.2) is 12.3 Å². The summed E-state index contributed by atoms with van der Waals surface area (Å²) in [4.78, 5) is 4.14. The van der Waals surface area contributed by atoms with E-state index in [2.05, 4.69) is 4.98 Å². The molecule has 92 valence electrons. The molecule has 0 saturated carbocycles. The van der Waals surface area contributed by atoms with Crippen molar-refractivity contribution in [1.29, 1.82) is 0 Å². The number of pyridine rings is 1.